The van der Waals surface area contributed by atoms with Gasteiger partial charge in [0.25, 0.3) is 5.91 Å². The molecule has 4 nitrogen and oxygen atoms in total. The summed E-state index contributed by atoms with van der Waals surface area (Å²) >= 11 is 6.01. The van der Waals surface area contributed by atoms with Crippen LogP contribution in [0.3, 0.4) is 0 Å². The van der Waals surface area contributed by atoms with Crippen LogP contribution in [-0.4, -0.2) is 18.5 Å². The quantitative estimate of drug-likeness (QED) is 0.810. The molecule has 0 radical (unpaired) electrons. The van der Waals surface area contributed by atoms with Gasteiger partial charge >= 0.3 is 5.97 Å². The van der Waals surface area contributed by atoms with Crippen LogP contribution in [0.5, 0.6) is 0 Å². The van der Waals surface area contributed by atoms with E-state index in [-0.39, 0.29) is 12.6 Å². The largest absolute Gasteiger partial charge is 0.455 e. The van der Waals surface area contributed by atoms with E-state index >= 15 is 0 Å². The standard InChI is InChI=1S/C20H20ClNO3/c21-16-10-4-5-11-17(16)22-18(23)14-25-19(24)20(12-6-7-13-20)15-8-2-1-3-9-15/h1-5,8-11H,6-7,12-14H2,(H,22,23). The van der Waals surface area contributed by atoms with Crippen molar-refractivity contribution in [1.82, 2.24) is 0 Å². The molecule has 1 amide bonds. The average molecular weight is 358 g/mol. The maximum Gasteiger partial charge on any atom is 0.317 e. The number of carbonyl (C=O) groups is 2. The number of halogens is 1. The highest BCUT2D eigenvalue weighted by Gasteiger charge is 2.44. The molecule has 1 fully saturated rings. The minimum absolute atomic E-state index is 0.321. The van der Waals surface area contributed by atoms with E-state index in [1.54, 1.807) is 24.3 Å². The lowest BCUT2D eigenvalue weighted by Gasteiger charge is -2.27. The number of hydrogen-bond acceptors (Lipinski definition) is 3. The second-order valence-corrected chi connectivity index (χ2v) is 6.67. The highest BCUT2D eigenvalue weighted by atomic mass is 35.5. The molecule has 1 aliphatic carbocycles. The molecule has 2 aromatic carbocycles. The second-order valence-electron chi connectivity index (χ2n) is 6.26. The molecule has 3 rings (SSSR count). The van der Waals surface area contributed by atoms with E-state index < -0.39 is 11.3 Å². The molecule has 25 heavy (non-hydrogen) atoms. The number of hydrogen-bond donors (Lipinski definition) is 1. The molecule has 1 N–H and O–H groups in total. The number of nitrogens with one attached hydrogen (secondary N) is 1. The van der Waals surface area contributed by atoms with Crippen LogP contribution in [-0.2, 0) is 19.7 Å². The first-order valence-corrected chi connectivity index (χ1v) is 8.77. The number of anilines is 1. The van der Waals surface area contributed by atoms with Gasteiger partial charge in [0, 0.05) is 0 Å². The van der Waals surface area contributed by atoms with Crippen LogP contribution < -0.4 is 5.32 Å². The van der Waals surface area contributed by atoms with Crippen molar-refractivity contribution in [2.45, 2.75) is 31.1 Å². The summed E-state index contributed by atoms with van der Waals surface area (Å²) in [7, 11) is 0. The summed E-state index contributed by atoms with van der Waals surface area (Å²) in [5, 5.41) is 3.10. The molecular weight excluding hydrogens is 338 g/mol. The fraction of sp³-hybridized carbons (Fsp3) is 0.300. The van der Waals surface area contributed by atoms with Crippen molar-refractivity contribution in [2.24, 2.45) is 0 Å². The molecule has 0 heterocycles. The zero-order chi connectivity index (χ0) is 17.7. The smallest absolute Gasteiger partial charge is 0.317 e. The third-order valence-corrected chi connectivity index (χ3v) is 4.99. The van der Waals surface area contributed by atoms with Crippen molar-refractivity contribution >= 4 is 29.2 Å². The van der Waals surface area contributed by atoms with Crippen molar-refractivity contribution in [1.29, 1.82) is 0 Å². The number of benzene rings is 2. The molecule has 0 spiro atoms. The number of carbonyl (C=O) groups excluding carboxylic acids is 2. The Hall–Kier alpha value is -2.33. The third kappa shape index (κ3) is 3.85. The van der Waals surface area contributed by atoms with Gasteiger partial charge in [-0.05, 0) is 30.5 Å². The molecule has 0 bridgehead atoms. The molecule has 0 aliphatic heterocycles. The Morgan fingerprint density at radius 2 is 1.64 bits per heavy atom. The number of rotatable bonds is 5. The highest BCUT2D eigenvalue weighted by Crippen LogP contribution is 2.42. The lowest BCUT2D eigenvalue weighted by Crippen LogP contribution is -2.36. The average Bonchev–Trinajstić information content (AvgIpc) is 3.13. The maximum absolute atomic E-state index is 12.8. The van der Waals surface area contributed by atoms with Crippen LogP contribution in [0.15, 0.2) is 54.6 Å². The minimum Gasteiger partial charge on any atom is -0.455 e. The van der Waals surface area contributed by atoms with E-state index in [1.807, 2.05) is 30.3 Å². The summed E-state index contributed by atoms with van der Waals surface area (Å²) < 4.78 is 5.36. The van der Waals surface area contributed by atoms with Crippen LogP contribution in [0.4, 0.5) is 5.69 Å². The normalized spacial score (nSPS) is 15.6. The molecule has 0 unspecified atom stereocenters. The molecule has 1 aliphatic rings. The van der Waals surface area contributed by atoms with Gasteiger partial charge in [0.15, 0.2) is 6.61 Å². The third-order valence-electron chi connectivity index (χ3n) is 4.66. The number of amides is 1. The van der Waals surface area contributed by atoms with Crippen LogP contribution in [0, 0.1) is 0 Å². The summed E-state index contributed by atoms with van der Waals surface area (Å²) in [6.07, 6.45) is 3.47. The van der Waals surface area contributed by atoms with Crippen molar-refractivity contribution < 1.29 is 14.3 Å². The zero-order valence-electron chi connectivity index (χ0n) is 13.8. The molecule has 5 heteroatoms. The Morgan fingerprint density at radius 1 is 1.00 bits per heavy atom. The molecule has 2 aromatic rings. The Morgan fingerprint density at radius 3 is 2.32 bits per heavy atom. The summed E-state index contributed by atoms with van der Waals surface area (Å²) in [6, 6.07) is 16.6. The van der Waals surface area contributed by atoms with Crippen LogP contribution >= 0.6 is 11.6 Å². The molecule has 0 saturated heterocycles. The minimum atomic E-state index is -0.633. The van der Waals surface area contributed by atoms with E-state index in [0.717, 1.165) is 31.2 Å². The zero-order valence-corrected chi connectivity index (χ0v) is 14.6. The molecule has 1 saturated carbocycles. The first-order valence-electron chi connectivity index (χ1n) is 8.39. The molecule has 0 aromatic heterocycles. The Balaban J connectivity index is 1.65. The van der Waals surface area contributed by atoms with Crippen molar-refractivity contribution in [3.8, 4) is 0 Å². The van der Waals surface area contributed by atoms with E-state index in [1.165, 1.54) is 0 Å². The van der Waals surface area contributed by atoms with Crippen LogP contribution in [0.25, 0.3) is 0 Å². The number of ether oxygens (including phenoxy) is 1. The van der Waals surface area contributed by atoms with Gasteiger partial charge in [-0.25, -0.2) is 0 Å². The first-order chi connectivity index (χ1) is 12.1. The molecular formula is C20H20ClNO3. The topological polar surface area (TPSA) is 55.4 Å². The lowest BCUT2D eigenvalue weighted by molar-refractivity contribution is -0.153. The van der Waals surface area contributed by atoms with E-state index in [9.17, 15) is 9.59 Å². The molecule has 0 atom stereocenters. The second kappa shape index (κ2) is 7.70. The maximum atomic E-state index is 12.8. The van der Waals surface area contributed by atoms with Gasteiger partial charge in [0.2, 0.25) is 0 Å². The SMILES string of the molecule is O=C(COC(=O)C1(c2ccccc2)CCCC1)Nc1ccccc1Cl. The van der Waals surface area contributed by atoms with Gasteiger partial charge in [0.05, 0.1) is 16.1 Å². The lowest BCUT2D eigenvalue weighted by atomic mass is 9.79. The Labute approximate surface area is 152 Å². The van der Waals surface area contributed by atoms with Crippen LogP contribution in [0.1, 0.15) is 31.2 Å². The fourth-order valence-corrected chi connectivity index (χ4v) is 3.55. The van der Waals surface area contributed by atoms with Crippen molar-refractivity contribution in [3.63, 3.8) is 0 Å². The van der Waals surface area contributed by atoms with E-state index in [0.29, 0.717) is 10.7 Å². The summed E-state index contributed by atoms with van der Waals surface area (Å²) in [4.78, 5) is 24.8. The van der Waals surface area contributed by atoms with E-state index in [4.69, 9.17) is 16.3 Å². The Kier molecular flexibility index (Phi) is 5.39. The highest BCUT2D eigenvalue weighted by molar-refractivity contribution is 6.33. The van der Waals surface area contributed by atoms with Gasteiger partial charge < -0.3 is 10.1 Å². The number of para-hydroxylation sites is 1. The van der Waals surface area contributed by atoms with Crippen LogP contribution in [0.2, 0.25) is 5.02 Å². The fourth-order valence-electron chi connectivity index (χ4n) is 3.36. The first kappa shape index (κ1) is 17.5. The van der Waals surface area contributed by atoms with Gasteiger partial charge in [-0.1, -0.05) is 66.9 Å². The number of esters is 1. The predicted octanol–water partition coefficient (Wildman–Crippen LogP) is 4.33. The van der Waals surface area contributed by atoms with Gasteiger partial charge in [0.1, 0.15) is 0 Å². The van der Waals surface area contributed by atoms with Gasteiger partial charge in [-0.2, -0.15) is 0 Å². The van der Waals surface area contributed by atoms with Gasteiger partial charge in [-0.3, -0.25) is 9.59 Å². The summed E-state index contributed by atoms with van der Waals surface area (Å²) in [6.45, 7) is -0.321. The summed E-state index contributed by atoms with van der Waals surface area (Å²) in [5.41, 5.74) is 0.833. The van der Waals surface area contributed by atoms with Gasteiger partial charge in [-0.15, -0.1) is 0 Å². The monoisotopic (exact) mass is 357 g/mol. The summed E-state index contributed by atoms with van der Waals surface area (Å²) in [5.74, 6) is -0.729. The predicted molar refractivity (Wildman–Crippen MR) is 97.6 cm³/mol. The van der Waals surface area contributed by atoms with E-state index in [2.05, 4.69) is 5.32 Å². The van der Waals surface area contributed by atoms with Crippen molar-refractivity contribution in [3.05, 3.63) is 65.2 Å². The van der Waals surface area contributed by atoms with Crippen molar-refractivity contribution in [2.75, 3.05) is 11.9 Å². The Bertz CT molecular complexity index is 755. The molecule has 130 valence electrons.